The molecular formula is C18H31N2Si+2. The molecule has 0 aliphatic heterocycles. The molecule has 21 heavy (non-hydrogen) atoms. The maximum absolute atomic E-state index is 3.42. The molecule has 1 aliphatic carbocycles. The molecule has 0 saturated heterocycles. The fraction of sp³-hybridized carbons (Fsp3) is 0.611. The summed E-state index contributed by atoms with van der Waals surface area (Å²) in [5.74, 6) is 0. The number of nitrogens with zero attached hydrogens (tertiary/aromatic N) is 1. The van der Waals surface area contributed by atoms with Gasteiger partial charge in [-0.1, -0.05) is 19.3 Å². The predicted octanol–water partition coefficient (Wildman–Crippen LogP) is 3.33. The summed E-state index contributed by atoms with van der Waals surface area (Å²) in [6.07, 6.45) is 22.0. The minimum Gasteiger partial charge on any atom is -0.320 e. The summed E-state index contributed by atoms with van der Waals surface area (Å²) in [6.45, 7) is 2.36. The number of rotatable bonds is 11. The zero-order valence-corrected chi connectivity index (χ0v) is 14.8. The van der Waals surface area contributed by atoms with Gasteiger partial charge in [-0.3, -0.25) is 4.48 Å². The second-order valence-electron chi connectivity index (χ2n) is 6.34. The highest BCUT2D eigenvalue weighted by Crippen LogP contribution is 2.14. The van der Waals surface area contributed by atoms with E-state index in [0.29, 0.717) is 0 Å². The van der Waals surface area contributed by atoms with Gasteiger partial charge in [0, 0.05) is 41.0 Å². The van der Waals surface area contributed by atoms with Crippen LogP contribution < -0.4 is 5.32 Å². The Morgan fingerprint density at radius 1 is 1.10 bits per heavy atom. The highest BCUT2D eigenvalue weighted by Gasteiger charge is 2.17. The van der Waals surface area contributed by atoms with E-state index in [9.17, 15) is 0 Å². The van der Waals surface area contributed by atoms with Crippen molar-refractivity contribution in [2.24, 2.45) is 0 Å². The smallest absolute Gasteiger partial charge is 0.177 e. The van der Waals surface area contributed by atoms with Crippen LogP contribution in [0.5, 0.6) is 0 Å². The lowest BCUT2D eigenvalue weighted by molar-refractivity contribution is -0.839. The number of unbranched alkanes of at least 4 members (excludes halogenated alkanes) is 5. The van der Waals surface area contributed by atoms with Gasteiger partial charge in [0.15, 0.2) is 6.20 Å². The van der Waals surface area contributed by atoms with Crippen LogP contribution in [0.4, 0.5) is 0 Å². The van der Waals surface area contributed by atoms with Crippen LogP contribution in [0.3, 0.4) is 0 Å². The first kappa shape index (κ1) is 18.3. The summed E-state index contributed by atoms with van der Waals surface area (Å²) in [4.78, 5) is 0. The summed E-state index contributed by atoms with van der Waals surface area (Å²) >= 11 is 0. The molecule has 0 heterocycles. The maximum Gasteiger partial charge on any atom is 0.177 e. The van der Waals surface area contributed by atoms with E-state index in [4.69, 9.17) is 0 Å². The van der Waals surface area contributed by atoms with E-state index < -0.39 is 0 Å². The Labute approximate surface area is 135 Å². The Hall–Kier alpha value is -0.773. The van der Waals surface area contributed by atoms with Crippen LogP contribution >= 0.6 is 0 Å². The fourth-order valence-electron chi connectivity index (χ4n) is 2.57. The largest absolute Gasteiger partial charge is 0.320 e. The van der Waals surface area contributed by atoms with E-state index in [-0.39, 0.29) is 0 Å². The number of hydrogen-bond acceptors (Lipinski definition) is 1. The van der Waals surface area contributed by atoms with Crippen molar-refractivity contribution in [3.05, 3.63) is 42.5 Å². The lowest BCUT2D eigenvalue weighted by Crippen LogP contribution is -2.34. The van der Waals surface area contributed by atoms with Crippen molar-refractivity contribution in [2.45, 2.75) is 38.5 Å². The molecule has 0 atom stereocenters. The highest BCUT2D eigenvalue weighted by atomic mass is 28.1. The van der Waals surface area contributed by atoms with Gasteiger partial charge in [-0.2, -0.15) is 0 Å². The molecule has 0 saturated carbocycles. The van der Waals surface area contributed by atoms with Crippen LogP contribution in [0, 0.1) is 6.42 Å². The highest BCUT2D eigenvalue weighted by molar-refractivity contribution is 6.08. The Bertz CT molecular complexity index is 356. The van der Waals surface area contributed by atoms with Gasteiger partial charge < -0.3 is 5.32 Å². The molecule has 1 rings (SSSR count). The van der Waals surface area contributed by atoms with Crippen molar-refractivity contribution in [1.82, 2.24) is 5.32 Å². The number of allylic oxidation sites excluding steroid dienone is 5. The second kappa shape index (κ2) is 10.9. The van der Waals surface area contributed by atoms with Crippen molar-refractivity contribution in [3.63, 3.8) is 0 Å². The van der Waals surface area contributed by atoms with E-state index in [1.54, 1.807) is 0 Å². The molecule has 1 N–H and O–H groups in total. The monoisotopic (exact) mass is 303 g/mol. The third-order valence-corrected chi connectivity index (χ3v) is 4.01. The Morgan fingerprint density at radius 3 is 2.48 bits per heavy atom. The third-order valence-electron chi connectivity index (χ3n) is 3.76. The number of quaternary nitrogens is 1. The molecule has 0 aromatic carbocycles. The molecule has 1 aliphatic rings. The molecule has 115 valence electrons. The van der Waals surface area contributed by atoms with Gasteiger partial charge in [0.1, 0.15) is 5.57 Å². The van der Waals surface area contributed by atoms with Gasteiger partial charge in [0.25, 0.3) is 0 Å². The molecule has 3 radical (unpaired) electrons. The molecule has 0 fully saturated rings. The Balaban J connectivity index is 2.05. The van der Waals surface area contributed by atoms with E-state index in [0.717, 1.165) is 17.2 Å². The first-order valence-electron chi connectivity index (χ1n) is 8.23. The van der Waals surface area contributed by atoms with Crippen LogP contribution in [-0.2, 0) is 0 Å². The SMILES string of the molecule is C[N+](C)(C=C1C=CC=C[CH+]1)CCCCCCCCNC[Si]. The molecule has 3 heteroatoms. The molecule has 0 spiro atoms. The average Bonchev–Trinajstić information content (AvgIpc) is 2.46. The minimum absolute atomic E-state index is 0.908. The fourth-order valence-corrected chi connectivity index (χ4v) is 2.75. The van der Waals surface area contributed by atoms with Gasteiger partial charge >= 0.3 is 0 Å². The summed E-state index contributed by atoms with van der Waals surface area (Å²) in [5, 5.41) is 3.30. The number of hydrogen-bond donors (Lipinski definition) is 1. The summed E-state index contributed by atoms with van der Waals surface area (Å²) in [6, 6.07) is 0. The first-order chi connectivity index (χ1) is 10.1. The lowest BCUT2D eigenvalue weighted by atomic mass is 10.1. The lowest BCUT2D eigenvalue weighted by Gasteiger charge is -2.22. The zero-order chi connectivity index (χ0) is 15.4. The van der Waals surface area contributed by atoms with Crippen LogP contribution in [0.1, 0.15) is 38.5 Å². The minimum atomic E-state index is 0.908. The van der Waals surface area contributed by atoms with E-state index in [2.05, 4.69) is 66.6 Å². The van der Waals surface area contributed by atoms with Crippen molar-refractivity contribution < 1.29 is 4.48 Å². The van der Waals surface area contributed by atoms with E-state index in [1.807, 2.05) is 0 Å². The molecular weight excluding hydrogens is 272 g/mol. The quantitative estimate of drug-likeness (QED) is 0.267. The van der Waals surface area contributed by atoms with Crippen molar-refractivity contribution in [1.29, 1.82) is 0 Å². The van der Waals surface area contributed by atoms with E-state index in [1.165, 1.54) is 50.6 Å². The van der Waals surface area contributed by atoms with Crippen molar-refractivity contribution in [3.8, 4) is 0 Å². The topological polar surface area (TPSA) is 12.0 Å². The predicted molar refractivity (Wildman–Crippen MR) is 94.0 cm³/mol. The zero-order valence-electron chi connectivity index (χ0n) is 13.8. The van der Waals surface area contributed by atoms with Gasteiger partial charge in [-0.25, -0.2) is 0 Å². The molecule has 0 aromatic heterocycles. The Morgan fingerprint density at radius 2 is 1.81 bits per heavy atom. The molecule has 0 amide bonds. The molecule has 0 aromatic rings. The third kappa shape index (κ3) is 9.72. The van der Waals surface area contributed by atoms with Crippen molar-refractivity contribution in [2.75, 3.05) is 33.4 Å². The molecule has 0 bridgehead atoms. The van der Waals surface area contributed by atoms with Gasteiger partial charge in [0.05, 0.1) is 20.6 Å². The van der Waals surface area contributed by atoms with Crippen LogP contribution in [0.2, 0.25) is 0 Å². The van der Waals surface area contributed by atoms with E-state index >= 15 is 0 Å². The summed E-state index contributed by atoms with van der Waals surface area (Å²) < 4.78 is 0.971. The normalized spacial score (nSPS) is 16.4. The standard InChI is InChI=1S/C18H31N2Si/c1-20(2,16-18-12-8-7-9-13-18)15-11-6-4-3-5-10-14-19-17-21/h7-9,12-13,16,19H,3-6,10-11,14-15,17H2,1-2H3/q+2. The second-order valence-corrected chi connectivity index (χ2v) is 6.69. The summed E-state index contributed by atoms with van der Waals surface area (Å²) in [7, 11) is 8.00. The summed E-state index contributed by atoms with van der Waals surface area (Å²) in [5.41, 5.74) is 1.32. The van der Waals surface area contributed by atoms with Crippen LogP contribution in [0.15, 0.2) is 36.1 Å². The maximum atomic E-state index is 3.42. The molecule has 0 unspecified atom stereocenters. The molecule has 2 nitrogen and oxygen atoms in total. The van der Waals surface area contributed by atoms with Crippen LogP contribution in [0.25, 0.3) is 0 Å². The van der Waals surface area contributed by atoms with Crippen LogP contribution in [-0.4, -0.2) is 48.1 Å². The van der Waals surface area contributed by atoms with Crippen molar-refractivity contribution >= 4 is 10.2 Å². The first-order valence-corrected chi connectivity index (χ1v) is 8.94. The number of nitrogens with one attached hydrogen (secondary N) is 1. The average molecular weight is 304 g/mol. The Kier molecular flexibility index (Phi) is 9.47. The van der Waals surface area contributed by atoms with Gasteiger partial charge in [-0.15, -0.1) is 0 Å². The van der Waals surface area contributed by atoms with Gasteiger partial charge in [0.2, 0.25) is 0 Å². The van der Waals surface area contributed by atoms with Gasteiger partial charge in [-0.05, 0) is 32.0 Å².